The zero-order valence-corrected chi connectivity index (χ0v) is 16.2. The number of aromatic nitrogens is 2. The predicted octanol–water partition coefficient (Wildman–Crippen LogP) is 2.00. The van der Waals surface area contributed by atoms with Gasteiger partial charge in [-0.3, -0.25) is 0 Å². The molecule has 0 fully saturated rings. The van der Waals surface area contributed by atoms with Crippen molar-refractivity contribution in [2.45, 2.75) is 6.54 Å². The molecule has 2 aromatic carbocycles. The number of rotatable bonds is 4. The van der Waals surface area contributed by atoms with Gasteiger partial charge in [0.1, 0.15) is 5.56 Å². The standard InChI is InChI=1S/C21H16ClN2O.BrH/c22-19-10-8-16(9-11-19)14-24-12-4-7-18(15-24)21-23-13-20(25-21)17-5-2-1-3-6-17;/h1-13,15H,14H2;1H/q+1;/p-1. The van der Waals surface area contributed by atoms with E-state index < -0.39 is 0 Å². The van der Waals surface area contributed by atoms with Gasteiger partial charge >= 0.3 is 0 Å². The normalized spacial score (nSPS) is 10.3. The number of pyridine rings is 1. The van der Waals surface area contributed by atoms with Crippen LogP contribution >= 0.6 is 11.6 Å². The third-order valence-corrected chi connectivity index (χ3v) is 4.20. The van der Waals surface area contributed by atoms with Crippen molar-refractivity contribution in [3.05, 3.63) is 95.9 Å². The predicted molar refractivity (Wildman–Crippen MR) is 98.1 cm³/mol. The highest BCUT2D eigenvalue weighted by Crippen LogP contribution is 2.25. The topological polar surface area (TPSA) is 29.9 Å². The Labute approximate surface area is 167 Å². The Morgan fingerprint density at radius 1 is 0.885 bits per heavy atom. The summed E-state index contributed by atoms with van der Waals surface area (Å²) in [6.45, 7) is 0.761. The molecule has 0 atom stereocenters. The molecule has 26 heavy (non-hydrogen) atoms. The lowest BCUT2D eigenvalue weighted by atomic mass is 10.2. The molecule has 0 aliphatic carbocycles. The lowest BCUT2D eigenvalue weighted by molar-refractivity contribution is -0.687. The first-order valence-electron chi connectivity index (χ1n) is 8.03. The maximum absolute atomic E-state index is 5.95. The van der Waals surface area contributed by atoms with Crippen LogP contribution in [0.3, 0.4) is 0 Å². The summed E-state index contributed by atoms with van der Waals surface area (Å²) in [6, 6.07) is 21.8. The molecule has 0 N–H and O–H groups in total. The molecule has 0 radical (unpaired) electrons. The Morgan fingerprint density at radius 3 is 2.38 bits per heavy atom. The summed E-state index contributed by atoms with van der Waals surface area (Å²) in [4.78, 5) is 4.43. The van der Waals surface area contributed by atoms with Gasteiger partial charge in [0, 0.05) is 22.2 Å². The Morgan fingerprint density at radius 2 is 1.62 bits per heavy atom. The molecule has 130 valence electrons. The lowest BCUT2D eigenvalue weighted by Gasteiger charge is -2.00. The highest BCUT2D eigenvalue weighted by atomic mass is 79.9. The molecule has 0 saturated carbocycles. The van der Waals surface area contributed by atoms with E-state index in [0.717, 1.165) is 28.5 Å². The van der Waals surface area contributed by atoms with Crippen LogP contribution in [0.1, 0.15) is 5.56 Å². The highest BCUT2D eigenvalue weighted by Gasteiger charge is 2.12. The van der Waals surface area contributed by atoms with E-state index in [0.29, 0.717) is 5.89 Å². The molecule has 0 unspecified atom stereocenters. The van der Waals surface area contributed by atoms with Crippen molar-refractivity contribution in [2.24, 2.45) is 0 Å². The van der Waals surface area contributed by atoms with Crippen LogP contribution in [0.4, 0.5) is 0 Å². The second-order valence-electron chi connectivity index (χ2n) is 5.79. The van der Waals surface area contributed by atoms with Crippen molar-refractivity contribution >= 4 is 11.6 Å². The van der Waals surface area contributed by atoms with Gasteiger partial charge in [-0.1, -0.05) is 54.1 Å². The van der Waals surface area contributed by atoms with Crippen molar-refractivity contribution in [1.82, 2.24) is 4.98 Å². The van der Waals surface area contributed by atoms with Crippen molar-refractivity contribution in [3.8, 4) is 22.8 Å². The first-order valence-corrected chi connectivity index (χ1v) is 8.41. The SMILES string of the molecule is Clc1ccc(C[n+]2cccc(-c3ncc(-c4ccccc4)o3)c2)cc1.[Br-]. The van der Waals surface area contributed by atoms with E-state index in [1.165, 1.54) is 5.56 Å². The summed E-state index contributed by atoms with van der Waals surface area (Å²) < 4.78 is 8.04. The fraction of sp³-hybridized carbons (Fsp3) is 0.0476. The third kappa shape index (κ3) is 4.21. The Bertz CT molecular complexity index is 984. The molecule has 3 nitrogen and oxygen atoms in total. The van der Waals surface area contributed by atoms with Gasteiger partial charge in [0.2, 0.25) is 5.89 Å². The van der Waals surface area contributed by atoms with E-state index in [-0.39, 0.29) is 17.0 Å². The third-order valence-electron chi connectivity index (χ3n) is 3.95. The molecule has 0 bridgehead atoms. The number of nitrogens with zero attached hydrogens (tertiary/aromatic N) is 2. The van der Waals surface area contributed by atoms with E-state index in [2.05, 4.69) is 9.55 Å². The van der Waals surface area contributed by atoms with Crippen molar-refractivity contribution in [2.75, 3.05) is 0 Å². The van der Waals surface area contributed by atoms with Gasteiger partial charge in [-0.2, -0.15) is 4.57 Å². The van der Waals surface area contributed by atoms with E-state index in [1.807, 2.05) is 79.1 Å². The average Bonchev–Trinajstić information content (AvgIpc) is 3.15. The van der Waals surface area contributed by atoms with Gasteiger partial charge in [0.15, 0.2) is 24.7 Å². The van der Waals surface area contributed by atoms with Crippen LogP contribution in [-0.2, 0) is 6.54 Å². The van der Waals surface area contributed by atoms with Crippen LogP contribution in [0.15, 0.2) is 89.7 Å². The minimum Gasteiger partial charge on any atom is -1.00 e. The number of oxazole rings is 1. The zero-order valence-electron chi connectivity index (χ0n) is 13.8. The average molecular weight is 428 g/mol. The molecule has 0 saturated heterocycles. The molecule has 0 amide bonds. The Balaban J connectivity index is 0.00000196. The van der Waals surface area contributed by atoms with Crippen LogP contribution in [0.2, 0.25) is 5.02 Å². The van der Waals surface area contributed by atoms with Crippen molar-refractivity contribution in [3.63, 3.8) is 0 Å². The lowest BCUT2D eigenvalue weighted by Crippen LogP contribution is -3.00. The maximum Gasteiger partial charge on any atom is 0.232 e. The first kappa shape index (κ1) is 18.4. The molecule has 5 heteroatoms. The highest BCUT2D eigenvalue weighted by molar-refractivity contribution is 6.30. The zero-order chi connectivity index (χ0) is 17.1. The summed E-state index contributed by atoms with van der Waals surface area (Å²) in [5.74, 6) is 1.38. The van der Waals surface area contributed by atoms with E-state index in [9.17, 15) is 0 Å². The fourth-order valence-corrected chi connectivity index (χ4v) is 2.82. The van der Waals surface area contributed by atoms with Gasteiger partial charge in [-0.15, -0.1) is 0 Å². The number of hydrogen-bond acceptors (Lipinski definition) is 2. The maximum atomic E-state index is 5.95. The molecule has 0 aliphatic heterocycles. The van der Waals surface area contributed by atoms with Crippen LogP contribution < -0.4 is 21.5 Å². The largest absolute Gasteiger partial charge is 1.00 e. The minimum absolute atomic E-state index is 0. The smallest absolute Gasteiger partial charge is 0.232 e. The van der Waals surface area contributed by atoms with Crippen molar-refractivity contribution in [1.29, 1.82) is 0 Å². The minimum atomic E-state index is 0. The number of benzene rings is 2. The van der Waals surface area contributed by atoms with Crippen LogP contribution in [0.5, 0.6) is 0 Å². The molecule has 2 aromatic heterocycles. The van der Waals surface area contributed by atoms with E-state index in [1.54, 1.807) is 6.20 Å². The summed E-state index contributed by atoms with van der Waals surface area (Å²) >= 11 is 5.95. The molecule has 0 aliphatic rings. The molecule has 2 heterocycles. The Hall–Kier alpha value is -2.43. The summed E-state index contributed by atoms with van der Waals surface area (Å²) in [5.41, 5.74) is 3.15. The molecule has 4 aromatic rings. The second kappa shape index (κ2) is 8.30. The first-order chi connectivity index (χ1) is 12.3. The van der Waals surface area contributed by atoms with Crippen molar-refractivity contribution < 1.29 is 26.0 Å². The number of halogens is 2. The van der Waals surface area contributed by atoms with Gasteiger partial charge < -0.3 is 21.4 Å². The summed E-state index contributed by atoms with van der Waals surface area (Å²) in [7, 11) is 0. The molecular formula is C21H16BrClN2O. The molecule has 0 spiro atoms. The fourth-order valence-electron chi connectivity index (χ4n) is 2.69. The Kier molecular flexibility index (Phi) is 5.86. The van der Waals surface area contributed by atoms with E-state index in [4.69, 9.17) is 16.0 Å². The number of hydrogen-bond donors (Lipinski definition) is 0. The van der Waals surface area contributed by atoms with Crippen LogP contribution in [0, 0.1) is 0 Å². The molecule has 4 rings (SSSR count). The van der Waals surface area contributed by atoms with Gasteiger partial charge in [0.25, 0.3) is 0 Å². The van der Waals surface area contributed by atoms with Gasteiger partial charge in [-0.25, -0.2) is 4.98 Å². The quantitative estimate of drug-likeness (QED) is 0.466. The molecular weight excluding hydrogens is 412 g/mol. The van der Waals surface area contributed by atoms with E-state index >= 15 is 0 Å². The van der Waals surface area contributed by atoms with Crippen LogP contribution in [0.25, 0.3) is 22.8 Å². The summed E-state index contributed by atoms with van der Waals surface area (Å²) in [5, 5.41) is 0.746. The van der Waals surface area contributed by atoms with Gasteiger partial charge in [0.05, 0.1) is 6.20 Å². The summed E-state index contributed by atoms with van der Waals surface area (Å²) in [6.07, 6.45) is 5.83. The monoisotopic (exact) mass is 426 g/mol. The van der Waals surface area contributed by atoms with Crippen LogP contribution in [-0.4, -0.2) is 4.98 Å². The van der Waals surface area contributed by atoms with Gasteiger partial charge in [-0.05, 0) is 18.2 Å². The second-order valence-corrected chi connectivity index (χ2v) is 6.22.